The van der Waals surface area contributed by atoms with Gasteiger partial charge in [0.15, 0.2) is 0 Å². The number of methoxy groups -OCH3 is 1. The molecule has 0 fully saturated rings. The highest BCUT2D eigenvalue weighted by Crippen LogP contribution is 2.16. The minimum absolute atomic E-state index is 0.194. The van der Waals surface area contributed by atoms with Crippen LogP contribution in [0.25, 0.3) is 0 Å². The van der Waals surface area contributed by atoms with Crippen molar-refractivity contribution in [3.63, 3.8) is 0 Å². The molecule has 17 heavy (non-hydrogen) atoms. The average Bonchev–Trinajstić information content (AvgIpc) is 2.35. The van der Waals surface area contributed by atoms with E-state index in [1.165, 1.54) is 6.92 Å². The molecule has 0 amide bonds. The van der Waals surface area contributed by atoms with Gasteiger partial charge in [-0.05, 0) is 24.6 Å². The zero-order valence-corrected chi connectivity index (χ0v) is 9.88. The predicted octanol–water partition coefficient (Wildman–Crippen LogP) is 0.791. The summed E-state index contributed by atoms with van der Waals surface area (Å²) in [6, 6.07) is 6.31. The lowest BCUT2D eigenvalue weighted by Crippen LogP contribution is -2.36. The highest BCUT2D eigenvalue weighted by molar-refractivity contribution is 5.72. The second-order valence-electron chi connectivity index (χ2n) is 3.76. The predicted molar refractivity (Wildman–Crippen MR) is 63.1 cm³/mol. The quantitative estimate of drug-likeness (QED) is 0.684. The van der Waals surface area contributed by atoms with Crippen molar-refractivity contribution >= 4 is 5.97 Å². The molecule has 2 atom stereocenters. The van der Waals surface area contributed by atoms with Crippen LogP contribution in [0.5, 0.6) is 5.75 Å². The third-order valence-electron chi connectivity index (χ3n) is 2.49. The third-order valence-corrected chi connectivity index (χ3v) is 2.49. The molecule has 0 aromatic heterocycles. The number of nitrogens with one attached hydrogen (secondary N) is 1. The van der Waals surface area contributed by atoms with Gasteiger partial charge >= 0.3 is 5.97 Å². The van der Waals surface area contributed by atoms with Gasteiger partial charge in [0.25, 0.3) is 0 Å². The number of aliphatic carboxylic acids is 1. The van der Waals surface area contributed by atoms with Crippen LogP contribution in [0.4, 0.5) is 0 Å². The molecule has 0 saturated heterocycles. The Morgan fingerprint density at radius 1 is 1.41 bits per heavy atom. The van der Waals surface area contributed by atoms with Crippen molar-refractivity contribution < 1.29 is 19.7 Å². The molecular formula is C12H17NO4. The maximum atomic E-state index is 10.6. The molecule has 0 aliphatic rings. The Labute approximate surface area is 100 Å². The van der Waals surface area contributed by atoms with Crippen LogP contribution >= 0.6 is 0 Å². The molecule has 1 aromatic carbocycles. The minimum atomic E-state index is -0.938. The monoisotopic (exact) mass is 239 g/mol. The molecule has 0 spiro atoms. The molecule has 0 aliphatic heterocycles. The summed E-state index contributed by atoms with van der Waals surface area (Å²) in [4.78, 5) is 10.6. The van der Waals surface area contributed by atoms with Crippen LogP contribution in [-0.4, -0.2) is 35.9 Å². The number of benzene rings is 1. The number of hydrogen-bond donors (Lipinski definition) is 3. The number of carboxylic acid groups (broad SMARTS) is 1. The molecule has 94 valence electrons. The number of ether oxygens (including phenoxy) is 1. The summed E-state index contributed by atoms with van der Waals surface area (Å²) in [7, 11) is 1.57. The number of aliphatic hydroxyl groups is 1. The minimum Gasteiger partial charge on any atom is -0.497 e. The Bertz CT molecular complexity index is 363. The topological polar surface area (TPSA) is 78.8 Å². The molecule has 1 rings (SSSR count). The van der Waals surface area contributed by atoms with Crippen molar-refractivity contribution in [3.05, 3.63) is 29.8 Å². The van der Waals surface area contributed by atoms with Gasteiger partial charge in [-0.15, -0.1) is 0 Å². The van der Waals surface area contributed by atoms with E-state index in [-0.39, 0.29) is 6.54 Å². The van der Waals surface area contributed by atoms with Crippen molar-refractivity contribution in [3.8, 4) is 5.75 Å². The van der Waals surface area contributed by atoms with Crippen molar-refractivity contribution in [2.24, 2.45) is 0 Å². The molecule has 3 N–H and O–H groups in total. The van der Waals surface area contributed by atoms with Gasteiger partial charge in [-0.3, -0.25) is 4.79 Å². The van der Waals surface area contributed by atoms with Gasteiger partial charge in [-0.1, -0.05) is 12.1 Å². The van der Waals surface area contributed by atoms with Gasteiger partial charge in [0.1, 0.15) is 11.8 Å². The average molecular weight is 239 g/mol. The zero-order chi connectivity index (χ0) is 12.8. The Kier molecular flexibility index (Phi) is 4.93. The first-order chi connectivity index (χ1) is 8.04. The molecule has 5 heteroatoms. The third kappa shape index (κ3) is 4.05. The summed E-state index contributed by atoms with van der Waals surface area (Å²) >= 11 is 0. The fourth-order valence-electron chi connectivity index (χ4n) is 1.32. The van der Waals surface area contributed by atoms with E-state index in [1.807, 2.05) is 0 Å². The van der Waals surface area contributed by atoms with Crippen molar-refractivity contribution in [2.75, 3.05) is 13.7 Å². The maximum Gasteiger partial charge on any atom is 0.320 e. The van der Waals surface area contributed by atoms with Gasteiger partial charge in [-0.2, -0.15) is 0 Å². The first-order valence-electron chi connectivity index (χ1n) is 5.32. The molecule has 5 nitrogen and oxygen atoms in total. The standard InChI is InChI=1S/C12H17NO4/c1-8(12(15)16)13-7-11(14)9-3-5-10(17-2)6-4-9/h3-6,8,11,13-14H,7H2,1-2H3,(H,15,16). The Hall–Kier alpha value is -1.59. The van der Waals surface area contributed by atoms with Gasteiger partial charge < -0.3 is 20.3 Å². The molecule has 0 heterocycles. The van der Waals surface area contributed by atoms with E-state index in [9.17, 15) is 9.90 Å². The first kappa shape index (κ1) is 13.5. The van der Waals surface area contributed by atoms with Crippen LogP contribution in [0.3, 0.4) is 0 Å². The van der Waals surface area contributed by atoms with E-state index in [2.05, 4.69) is 5.32 Å². The van der Waals surface area contributed by atoms with Crippen LogP contribution in [-0.2, 0) is 4.79 Å². The summed E-state index contributed by atoms with van der Waals surface area (Å²) in [5.41, 5.74) is 0.718. The fraction of sp³-hybridized carbons (Fsp3) is 0.417. The lowest BCUT2D eigenvalue weighted by atomic mass is 10.1. The second kappa shape index (κ2) is 6.22. The molecule has 2 unspecified atom stereocenters. The molecule has 1 aromatic rings. The fourth-order valence-corrected chi connectivity index (χ4v) is 1.32. The van der Waals surface area contributed by atoms with E-state index < -0.39 is 18.1 Å². The number of carbonyl (C=O) groups is 1. The highest BCUT2D eigenvalue weighted by Gasteiger charge is 2.13. The van der Waals surface area contributed by atoms with Gasteiger partial charge in [0.05, 0.1) is 13.2 Å². The highest BCUT2D eigenvalue weighted by atomic mass is 16.5. The van der Waals surface area contributed by atoms with E-state index in [4.69, 9.17) is 9.84 Å². The number of rotatable bonds is 6. The second-order valence-corrected chi connectivity index (χ2v) is 3.76. The SMILES string of the molecule is COc1ccc(C(O)CNC(C)C(=O)O)cc1. The Balaban J connectivity index is 2.51. The smallest absolute Gasteiger partial charge is 0.320 e. The molecule has 0 radical (unpaired) electrons. The van der Waals surface area contributed by atoms with Gasteiger partial charge in [0.2, 0.25) is 0 Å². The lowest BCUT2D eigenvalue weighted by Gasteiger charge is -2.14. The molecule has 0 saturated carbocycles. The van der Waals surface area contributed by atoms with Gasteiger partial charge in [-0.25, -0.2) is 0 Å². The van der Waals surface area contributed by atoms with Gasteiger partial charge in [0, 0.05) is 6.54 Å². The summed E-state index contributed by atoms with van der Waals surface area (Å²) in [6.07, 6.45) is -0.734. The first-order valence-corrected chi connectivity index (χ1v) is 5.32. The number of carboxylic acids is 1. The Morgan fingerprint density at radius 3 is 2.47 bits per heavy atom. The van der Waals surface area contributed by atoms with E-state index in [0.29, 0.717) is 5.75 Å². The lowest BCUT2D eigenvalue weighted by molar-refractivity contribution is -0.139. The molecule has 0 aliphatic carbocycles. The summed E-state index contributed by atoms with van der Waals surface area (Å²) in [6.45, 7) is 1.73. The van der Waals surface area contributed by atoms with Crippen molar-refractivity contribution in [1.82, 2.24) is 5.32 Å². The number of hydrogen-bond acceptors (Lipinski definition) is 4. The Morgan fingerprint density at radius 2 is 2.00 bits per heavy atom. The van der Waals surface area contributed by atoms with Crippen LogP contribution in [0.1, 0.15) is 18.6 Å². The normalized spacial score (nSPS) is 14.1. The summed E-state index contributed by atoms with van der Waals surface area (Å²) in [5, 5.41) is 21.2. The van der Waals surface area contributed by atoms with Crippen LogP contribution in [0, 0.1) is 0 Å². The maximum absolute atomic E-state index is 10.6. The van der Waals surface area contributed by atoms with Crippen molar-refractivity contribution in [1.29, 1.82) is 0 Å². The molecular weight excluding hydrogens is 222 g/mol. The molecule has 0 bridgehead atoms. The zero-order valence-electron chi connectivity index (χ0n) is 9.88. The summed E-state index contributed by atoms with van der Waals surface area (Å²) in [5.74, 6) is -0.222. The van der Waals surface area contributed by atoms with Crippen LogP contribution < -0.4 is 10.1 Å². The number of aliphatic hydroxyl groups excluding tert-OH is 1. The van der Waals surface area contributed by atoms with Crippen molar-refractivity contribution in [2.45, 2.75) is 19.1 Å². The van der Waals surface area contributed by atoms with E-state index >= 15 is 0 Å². The largest absolute Gasteiger partial charge is 0.497 e. The van der Waals surface area contributed by atoms with E-state index in [1.54, 1.807) is 31.4 Å². The van der Waals surface area contributed by atoms with Crippen LogP contribution in [0.15, 0.2) is 24.3 Å². The summed E-state index contributed by atoms with van der Waals surface area (Å²) < 4.78 is 5.00. The van der Waals surface area contributed by atoms with Crippen LogP contribution in [0.2, 0.25) is 0 Å². The van der Waals surface area contributed by atoms with E-state index in [0.717, 1.165) is 5.56 Å².